The molecule has 3 rings (SSSR count). The number of benzene rings is 2. The highest BCUT2D eigenvalue weighted by Gasteiger charge is 2.34. The maximum Gasteiger partial charge on any atom is 0.247 e. The van der Waals surface area contributed by atoms with Gasteiger partial charge in [-0.2, -0.15) is 0 Å². The predicted molar refractivity (Wildman–Crippen MR) is 116 cm³/mol. The average molecular weight is 434 g/mol. The number of ether oxygens (including phenoxy) is 1. The van der Waals surface area contributed by atoms with Crippen LogP contribution < -0.4 is 4.74 Å². The number of rotatable bonds is 7. The first kappa shape index (κ1) is 21.4. The minimum Gasteiger partial charge on any atom is -0.494 e. The van der Waals surface area contributed by atoms with Gasteiger partial charge < -0.3 is 9.64 Å². The second kappa shape index (κ2) is 9.46. The maximum absolute atomic E-state index is 12.9. The van der Waals surface area contributed by atoms with Gasteiger partial charge in [-0.05, 0) is 54.8 Å². The van der Waals surface area contributed by atoms with Crippen molar-refractivity contribution >= 4 is 33.4 Å². The van der Waals surface area contributed by atoms with E-state index in [-0.39, 0.29) is 23.5 Å². The van der Waals surface area contributed by atoms with Crippen LogP contribution in [0.25, 0.3) is 6.08 Å². The predicted octanol–water partition coefficient (Wildman–Crippen LogP) is 3.97. The molecule has 0 aliphatic carbocycles. The summed E-state index contributed by atoms with van der Waals surface area (Å²) >= 11 is 5.89. The molecule has 0 unspecified atom stereocenters. The molecule has 0 spiro atoms. The van der Waals surface area contributed by atoms with E-state index < -0.39 is 9.84 Å². The zero-order valence-corrected chi connectivity index (χ0v) is 17.8. The molecular formula is C22H24ClNO4S. The molecule has 1 aliphatic heterocycles. The van der Waals surface area contributed by atoms with Crippen molar-refractivity contribution in [3.8, 4) is 5.75 Å². The van der Waals surface area contributed by atoms with E-state index in [1.807, 2.05) is 43.3 Å². The van der Waals surface area contributed by atoms with Crippen molar-refractivity contribution in [2.45, 2.75) is 25.9 Å². The summed E-state index contributed by atoms with van der Waals surface area (Å²) < 4.78 is 29.4. The Balaban J connectivity index is 1.78. The zero-order chi connectivity index (χ0) is 20.9. The molecule has 5 nitrogen and oxygen atoms in total. The summed E-state index contributed by atoms with van der Waals surface area (Å²) in [6.07, 6.45) is 3.66. The van der Waals surface area contributed by atoms with Gasteiger partial charge in [0.25, 0.3) is 0 Å². The second-order valence-corrected chi connectivity index (χ2v) is 9.65. The van der Waals surface area contributed by atoms with Crippen LogP contribution in [0.2, 0.25) is 5.02 Å². The lowest BCUT2D eigenvalue weighted by molar-refractivity contribution is -0.128. The third kappa shape index (κ3) is 6.08. The Morgan fingerprint density at radius 2 is 1.86 bits per heavy atom. The van der Waals surface area contributed by atoms with Crippen LogP contribution in [0.3, 0.4) is 0 Å². The van der Waals surface area contributed by atoms with Crippen molar-refractivity contribution < 1.29 is 17.9 Å². The summed E-state index contributed by atoms with van der Waals surface area (Å²) in [6, 6.07) is 14.3. The Morgan fingerprint density at radius 3 is 2.45 bits per heavy atom. The van der Waals surface area contributed by atoms with E-state index >= 15 is 0 Å². The van der Waals surface area contributed by atoms with Crippen LogP contribution in [0.1, 0.15) is 24.5 Å². The van der Waals surface area contributed by atoms with Crippen molar-refractivity contribution in [2.75, 3.05) is 18.1 Å². The Labute approximate surface area is 176 Å². The van der Waals surface area contributed by atoms with Crippen LogP contribution in [0.15, 0.2) is 54.6 Å². The summed E-state index contributed by atoms with van der Waals surface area (Å²) in [7, 11) is -3.10. The number of carbonyl (C=O) groups is 1. The van der Waals surface area contributed by atoms with Crippen LogP contribution in [-0.2, 0) is 21.2 Å². The molecule has 154 valence electrons. The van der Waals surface area contributed by atoms with E-state index in [2.05, 4.69) is 0 Å². The average Bonchev–Trinajstić information content (AvgIpc) is 3.06. The lowest BCUT2D eigenvalue weighted by Gasteiger charge is -2.27. The quantitative estimate of drug-likeness (QED) is 0.620. The second-order valence-electron chi connectivity index (χ2n) is 6.98. The van der Waals surface area contributed by atoms with Crippen molar-refractivity contribution in [3.05, 3.63) is 70.8 Å². The lowest BCUT2D eigenvalue weighted by atomic mass is 10.1. The Hall–Kier alpha value is -2.31. The molecule has 2 aromatic rings. The lowest BCUT2D eigenvalue weighted by Crippen LogP contribution is -2.39. The molecular weight excluding hydrogens is 410 g/mol. The van der Waals surface area contributed by atoms with Gasteiger partial charge in [0.05, 0.1) is 18.1 Å². The fourth-order valence-corrected chi connectivity index (χ4v) is 5.16. The molecule has 29 heavy (non-hydrogen) atoms. The van der Waals surface area contributed by atoms with Gasteiger partial charge in [-0.3, -0.25) is 4.79 Å². The van der Waals surface area contributed by atoms with Crippen molar-refractivity contribution in [1.29, 1.82) is 0 Å². The summed E-state index contributed by atoms with van der Waals surface area (Å²) in [5, 5.41) is 0.627. The normalized spacial score (nSPS) is 18.1. The Bertz CT molecular complexity index is 969. The third-order valence-corrected chi connectivity index (χ3v) is 6.81. The van der Waals surface area contributed by atoms with E-state index in [0.717, 1.165) is 16.9 Å². The summed E-state index contributed by atoms with van der Waals surface area (Å²) in [4.78, 5) is 14.6. The molecule has 1 atom stereocenters. The van der Waals surface area contributed by atoms with Crippen LogP contribution in [-0.4, -0.2) is 43.4 Å². The van der Waals surface area contributed by atoms with Gasteiger partial charge in [0, 0.05) is 23.7 Å². The molecule has 2 aromatic carbocycles. The van der Waals surface area contributed by atoms with Gasteiger partial charge >= 0.3 is 0 Å². The number of hydrogen-bond acceptors (Lipinski definition) is 4. The molecule has 1 aliphatic rings. The number of sulfone groups is 1. The monoisotopic (exact) mass is 433 g/mol. The first-order valence-corrected chi connectivity index (χ1v) is 11.7. The van der Waals surface area contributed by atoms with Gasteiger partial charge in [-0.1, -0.05) is 35.9 Å². The summed E-state index contributed by atoms with van der Waals surface area (Å²) in [6.45, 7) is 2.84. The molecule has 1 amide bonds. The van der Waals surface area contributed by atoms with Gasteiger partial charge in [-0.25, -0.2) is 8.42 Å². The molecule has 0 aromatic heterocycles. The van der Waals surface area contributed by atoms with Crippen LogP contribution in [0.4, 0.5) is 0 Å². The SMILES string of the molecule is CCOc1ccc(CN(C(=O)/C=C/c2ccc(Cl)cc2)[C@@H]2CCS(=O)(=O)C2)cc1. The number of hydrogen-bond donors (Lipinski definition) is 0. The van der Waals surface area contributed by atoms with Crippen molar-refractivity contribution in [2.24, 2.45) is 0 Å². The third-order valence-electron chi connectivity index (χ3n) is 4.81. The highest BCUT2D eigenvalue weighted by atomic mass is 35.5. The van der Waals surface area contributed by atoms with E-state index in [4.69, 9.17) is 16.3 Å². The number of carbonyl (C=O) groups excluding carboxylic acids is 1. The van der Waals surface area contributed by atoms with Gasteiger partial charge in [-0.15, -0.1) is 0 Å². The van der Waals surface area contributed by atoms with E-state index in [1.165, 1.54) is 6.08 Å². The van der Waals surface area contributed by atoms with E-state index in [1.54, 1.807) is 23.1 Å². The van der Waals surface area contributed by atoms with E-state index in [0.29, 0.717) is 24.6 Å². The minimum absolute atomic E-state index is 0.00452. The minimum atomic E-state index is -3.10. The topological polar surface area (TPSA) is 63.7 Å². The molecule has 0 N–H and O–H groups in total. The standard InChI is InChI=1S/C22H24ClNO4S/c1-2-28-21-10-5-18(6-11-21)15-24(20-13-14-29(26,27)16-20)22(25)12-7-17-3-8-19(23)9-4-17/h3-12,20H,2,13-16H2,1H3/b12-7+/t20-/m1/s1. The zero-order valence-electron chi connectivity index (χ0n) is 16.3. The number of nitrogens with zero attached hydrogens (tertiary/aromatic N) is 1. The van der Waals surface area contributed by atoms with Crippen LogP contribution >= 0.6 is 11.6 Å². The summed E-state index contributed by atoms with van der Waals surface area (Å²) in [5.41, 5.74) is 1.77. The molecule has 1 saturated heterocycles. The van der Waals surface area contributed by atoms with E-state index in [9.17, 15) is 13.2 Å². The highest BCUT2D eigenvalue weighted by Crippen LogP contribution is 2.22. The molecule has 0 bridgehead atoms. The molecule has 0 saturated carbocycles. The Morgan fingerprint density at radius 1 is 1.17 bits per heavy atom. The molecule has 1 fully saturated rings. The van der Waals surface area contributed by atoms with Crippen molar-refractivity contribution in [1.82, 2.24) is 4.90 Å². The van der Waals surface area contributed by atoms with Gasteiger partial charge in [0.15, 0.2) is 9.84 Å². The fraction of sp³-hybridized carbons (Fsp3) is 0.318. The van der Waals surface area contributed by atoms with Crippen LogP contribution in [0, 0.1) is 0 Å². The molecule has 1 heterocycles. The summed E-state index contributed by atoms with van der Waals surface area (Å²) in [5.74, 6) is 0.673. The first-order valence-electron chi connectivity index (χ1n) is 9.53. The molecule has 0 radical (unpaired) electrons. The van der Waals surface area contributed by atoms with Gasteiger partial charge in [0.2, 0.25) is 5.91 Å². The fourth-order valence-electron chi connectivity index (χ4n) is 3.30. The number of amides is 1. The highest BCUT2D eigenvalue weighted by molar-refractivity contribution is 7.91. The van der Waals surface area contributed by atoms with Gasteiger partial charge in [0.1, 0.15) is 5.75 Å². The largest absolute Gasteiger partial charge is 0.494 e. The Kier molecular flexibility index (Phi) is 6.98. The molecule has 7 heteroatoms. The smallest absolute Gasteiger partial charge is 0.247 e. The maximum atomic E-state index is 12.9. The first-order chi connectivity index (χ1) is 13.9. The number of halogens is 1. The van der Waals surface area contributed by atoms with Crippen LogP contribution in [0.5, 0.6) is 5.75 Å². The van der Waals surface area contributed by atoms with Crippen molar-refractivity contribution in [3.63, 3.8) is 0 Å².